The summed E-state index contributed by atoms with van der Waals surface area (Å²) >= 11 is 0. The van der Waals surface area contributed by atoms with Crippen molar-refractivity contribution in [2.75, 3.05) is 13.2 Å². The highest BCUT2D eigenvalue weighted by Crippen LogP contribution is 2.42. The fourth-order valence-electron chi connectivity index (χ4n) is 1.70. The number of phosphoric ester groups is 1. The van der Waals surface area contributed by atoms with Gasteiger partial charge in [0, 0.05) is 0 Å². The molecule has 0 amide bonds. The summed E-state index contributed by atoms with van der Waals surface area (Å²) in [5.74, 6) is 0. The lowest BCUT2D eigenvalue weighted by Gasteiger charge is -2.07. The molecule has 0 saturated carbocycles. The van der Waals surface area contributed by atoms with Gasteiger partial charge in [0.15, 0.2) is 0 Å². The van der Waals surface area contributed by atoms with Crippen molar-refractivity contribution in [1.82, 2.24) is 0 Å². The monoisotopic (exact) mass is 372 g/mol. The van der Waals surface area contributed by atoms with Crippen LogP contribution in [0, 0.1) is 0 Å². The highest BCUT2D eigenvalue weighted by atomic mass is 32.2. The van der Waals surface area contributed by atoms with Crippen LogP contribution in [0.2, 0.25) is 0 Å². The molecule has 0 heterocycles. The Morgan fingerprint density at radius 3 is 1.46 bits per heavy atom. The van der Waals surface area contributed by atoms with Gasteiger partial charge in [0.25, 0.3) is 0 Å². The maximum absolute atomic E-state index is 12.0. The number of hydrogen-bond donors (Lipinski definition) is 1. The van der Waals surface area contributed by atoms with E-state index in [-0.39, 0.29) is 13.2 Å². The van der Waals surface area contributed by atoms with Crippen molar-refractivity contribution in [3.63, 3.8) is 0 Å². The Bertz CT molecular complexity index is 691. The van der Waals surface area contributed by atoms with Crippen molar-refractivity contribution in [2.45, 2.75) is 23.6 Å². The molecule has 0 radical (unpaired) electrons. The minimum absolute atomic E-state index is 0.188. The Morgan fingerprint density at radius 1 is 0.833 bits per heavy atom. The molecule has 24 heavy (non-hydrogen) atoms. The van der Waals surface area contributed by atoms with Gasteiger partial charge >= 0.3 is 7.82 Å². The molecule has 0 atom stereocenters. The molecule has 8 heteroatoms. The van der Waals surface area contributed by atoms with Crippen LogP contribution in [0.4, 0.5) is 0 Å². The van der Waals surface area contributed by atoms with Gasteiger partial charge in [-0.15, -0.1) is 0 Å². The van der Waals surface area contributed by atoms with E-state index in [1.165, 1.54) is 0 Å². The molecule has 0 aliphatic rings. The Labute approximate surface area is 142 Å². The molecule has 0 aliphatic heterocycles. The maximum Gasteiger partial charge on any atom is 0.472 e. The lowest BCUT2D eigenvalue weighted by atomic mass is 10.4. The minimum atomic E-state index is -3.69. The quantitative estimate of drug-likeness (QED) is 0.778. The van der Waals surface area contributed by atoms with E-state index in [2.05, 4.69) is 9.05 Å². The van der Waals surface area contributed by atoms with E-state index in [4.69, 9.17) is 4.89 Å². The fourth-order valence-corrected chi connectivity index (χ4v) is 3.73. The molecule has 0 bridgehead atoms. The van der Waals surface area contributed by atoms with Crippen LogP contribution in [0.1, 0.15) is 13.8 Å². The average Bonchev–Trinajstić information content (AvgIpc) is 2.57. The smallest absolute Gasteiger partial charge is 0.302 e. The second kappa shape index (κ2) is 9.71. The summed E-state index contributed by atoms with van der Waals surface area (Å²) in [6.45, 7) is 3.63. The first-order chi connectivity index (χ1) is 11.3. The molecule has 0 fully saturated rings. The van der Waals surface area contributed by atoms with E-state index >= 15 is 0 Å². The van der Waals surface area contributed by atoms with Gasteiger partial charge in [0.1, 0.15) is 0 Å². The van der Waals surface area contributed by atoms with Crippen LogP contribution in [0.5, 0.6) is 0 Å². The van der Waals surface area contributed by atoms with E-state index in [0.717, 1.165) is 0 Å². The molecule has 2 aromatic carbocycles. The second-order valence-corrected chi connectivity index (χ2v) is 7.84. The van der Waals surface area contributed by atoms with E-state index in [0.29, 0.717) is 9.79 Å². The van der Waals surface area contributed by atoms with Crippen LogP contribution in [0.3, 0.4) is 0 Å². The van der Waals surface area contributed by atoms with Gasteiger partial charge in [-0.3, -0.25) is 9.05 Å². The van der Waals surface area contributed by atoms with Gasteiger partial charge < -0.3 is 4.89 Å². The Balaban J connectivity index is 0.000000277. The number of phosphoric acid groups is 1. The summed E-state index contributed by atoms with van der Waals surface area (Å²) in [4.78, 5) is 9.29. The van der Waals surface area contributed by atoms with E-state index in [9.17, 15) is 13.0 Å². The second-order valence-electron chi connectivity index (χ2n) is 4.43. The average molecular weight is 372 g/mol. The molecule has 132 valence electrons. The van der Waals surface area contributed by atoms with Crippen LogP contribution in [-0.4, -0.2) is 26.5 Å². The number of sulfone groups is 1. The Hall–Kier alpha value is -1.50. The predicted molar refractivity (Wildman–Crippen MR) is 91.4 cm³/mol. The van der Waals surface area contributed by atoms with Gasteiger partial charge in [-0.2, -0.15) is 0 Å². The third-order valence-electron chi connectivity index (χ3n) is 2.69. The molecular formula is C16H21O6PS. The van der Waals surface area contributed by atoms with Crippen molar-refractivity contribution in [2.24, 2.45) is 0 Å². The molecule has 1 N–H and O–H groups in total. The Morgan fingerprint density at radius 2 is 1.17 bits per heavy atom. The summed E-state index contributed by atoms with van der Waals surface area (Å²) in [6.07, 6.45) is 0. The Kier molecular flexibility index (Phi) is 8.31. The predicted octanol–water partition coefficient (Wildman–Crippen LogP) is 3.68. The van der Waals surface area contributed by atoms with Crippen molar-refractivity contribution in [3.05, 3.63) is 60.7 Å². The largest absolute Gasteiger partial charge is 0.472 e. The highest BCUT2D eigenvalue weighted by molar-refractivity contribution is 7.91. The standard InChI is InChI=1S/C12H10O2S.C4H11O4P/c13-15(14,11-7-3-1-4-8-11)12-9-5-2-6-10-12;1-3-7-9(5,6)8-4-2/h1-10H;3-4H2,1-2H3,(H,5,6). The highest BCUT2D eigenvalue weighted by Gasteiger charge is 2.17. The summed E-state index contributed by atoms with van der Waals surface area (Å²) in [6, 6.07) is 16.9. The molecule has 2 rings (SSSR count). The SMILES string of the molecule is CCOP(=O)(O)OCC.O=S(=O)(c1ccccc1)c1ccccc1. The van der Waals surface area contributed by atoms with Crippen molar-refractivity contribution >= 4 is 17.7 Å². The third kappa shape index (κ3) is 6.55. The first-order valence-electron chi connectivity index (χ1n) is 7.30. The first kappa shape index (κ1) is 20.5. The van der Waals surface area contributed by atoms with E-state index in [1.807, 2.05) is 0 Å². The number of rotatable bonds is 6. The van der Waals surface area contributed by atoms with Gasteiger partial charge in [-0.05, 0) is 38.1 Å². The molecular weight excluding hydrogens is 351 g/mol. The summed E-state index contributed by atoms with van der Waals surface area (Å²) in [5.41, 5.74) is 0. The zero-order valence-electron chi connectivity index (χ0n) is 13.5. The summed E-state index contributed by atoms with van der Waals surface area (Å²) in [7, 11) is -7.03. The number of benzene rings is 2. The molecule has 0 spiro atoms. The van der Waals surface area contributed by atoms with Crippen LogP contribution < -0.4 is 0 Å². The molecule has 2 aromatic rings. The molecule has 0 aromatic heterocycles. The minimum Gasteiger partial charge on any atom is -0.302 e. The lowest BCUT2D eigenvalue weighted by Crippen LogP contribution is -2.00. The molecule has 0 saturated heterocycles. The van der Waals surface area contributed by atoms with Gasteiger partial charge in [-0.25, -0.2) is 13.0 Å². The van der Waals surface area contributed by atoms with Crippen molar-refractivity contribution in [3.8, 4) is 0 Å². The first-order valence-corrected chi connectivity index (χ1v) is 10.3. The van der Waals surface area contributed by atoms with Crippen molar-refractivity contribution in [1.29, 1.82) is 0 Å². The number of hydrogen-bond acceptors (Lipinski definition) is 5. The van der Waals surface area contributed by atoms with Crippen LogP contribution in [0.15, 0.2) is 70.5 Å². The molecule has 0 unspecified atom stereocenters. The molecule has 6 nitrogen and oxygen atoms in total. The van der Waals surface area contributed by atoms with Gasteiger partial charge in [-0.1, -0.05) is 36.4 Å². The van der Waals surface area contributed by atoms with Gasteiger partial charge in [0.2, 0.25) is 9.84 Å². The summed E-state index contributed by atoms with van der Waals surface area (Å²) in [5, 5.41) is 0. The van der Waals surface area contributed by atoms with E-state index in [1.54, 1.807) is 74.5 Å². The normalized spacial score (nSPS) is 11.5. The topological polar surface area (TPSA) is 89.9 Å². The molecule has 0 aliphatic carbocycles. The maximum atomic E-state index is 12.0. The van der Waals surface area contributed by atoms with Crippen molar-refractivity contribution < 1.29 is 26.9 Å². The third-order valence-corrected chi connectivity index (χ3v) is 5.65. The zero-order chi connectivity index (χ0) is 18.1. The zero-order valence-corrected chi connectivity index (χ0v) is 15.2. The van der Waals surface area contributed by atoms with Crippen LogP contribution >= 0.6 is 7.82 Å². The van der Waals surface area contributed by atoms with Crippen LogP contribution in [0.25, 0.3) is 0 Å². The van der Waals surface area contributed by atoms with Gasteiger partial charge in [0.05, 0.1) is 23.0 Å². The summed E-state index contributed by atoms with van der Waals surface area (Å²) < 4.78 is 43.3. The van der Waals surface area contributed by atoms with Crippen LogP contribution in [-0.2, 0) is 23.4 Å². The van der Waals surface area contributed by atoms with E-state index < -0.39 is 17.7 Å². The fraction of sp³-hybridized carbons (Fsp3) is 0.250. The lowest BCUT2D eigenvalue weighted by molar-refractivity contribution is 0.161.